The largest absolute Gasteiger partial charge is 0.463 e. The van der Waals surface area contributed by atoms with Crippen LogP contribution in [0.5, 0.6) is 5.75 Å². The summed E-state index contributed by atoms with van der Waals surface area (Å²) < 4.78 is 6.37. The van der Waals surface area contributed by atoms with Crippen molar-refractivity contribution in [3.8, 4) is 5.75 Å². The lowest BCUT2D eigenvalue weighted by molar-refractivity contribution is -0.0189. The van der Waals surface area contributed by atoms with E-state index in [1.807, 2.05) is 35.3 Å². The Balaban J connectivity index is 1.62. The molecule has 0 amide bonds. The van der Waals surface area contributed by atoms with Crippen molar-refractivity contribution in [3.63, 3.8) is 0 Å². The average molecular weight is 444 g/mol. The zero-order chi connectivity index (χ0) is 20.1. The molecule has 0 N–H and O–H groups in total. The van der Waals surface area contributed by atoms with Gasteiger partial charge in [-0.15, -0.1) is 0 Å². The number of benzene rings is 3. The van der Waals surface area contributed by atoms with E-state index >= 15 is 0 Å². The predicted octanol–water partition coefficient (Wildman–Crippen LogP) is 7.20. The van der Waals surface area contributed by atoms with E-state index in [1.165, 1.54) is 5.56 Å². The molecule has 0 fully saturated rings. The lowest BCUT2D eigenvalue weighted by Crippen LogP contribution is -2.33. The van der Waals surface area contributed by atoms with Gasteiger partial charge in [-0.05, 0) is 36.8 Å². The second-order valence-corrected chi connectivity index (χ2v) is 8.62. The third kappa shape index (κ3) is 3.38. The van der Waals surface area contributed by atoms with Gasteiger partial charge in [0.15, 0.2) is 0 Å². The molecule has 2 atom stereocenters. The van der Waals surface area contributed by atoms with Gasteiger partial charge in [-0.2, -0.15) is 5.10 Å². The van der Waals surface area contributed by atoms with Crippen LogP contribution in [-0.4, -0.2) is 10.7 Å². The molecule has 0 radical (unpaired) electrons. The van der Waals surface area contributed by atoms with Crippen LogP contribution in [0.15, 0.2) is 65.8 Å². The molecule has 3 aromatic carbocycles. The molecule has 0 spiro atoms. The Labute approximate surface area is 184 Å². The van der Waals surface area contributed by atoms with Gasteiger partial charge in [0.1, 0.15) is 5.75 Å². The zero-order valence-corrected chi connectivity index (χ0v) is 17.8. The second-order valence-electron chi connectivity index (χ2n) is 7.34. The minimum atomic E-state index is -0.364. The lowest BCUT2D eigenvalue weighted by atomic mass is 9.95. The van der Waals surface area contributed by atoms with Crippen LogP contribution in [0.1, 0.15) is 40.9 Å². The van der Waals surface area contributed by atoms with E-state index in [4.69, 9.17) is 44.6 Å². The first kappa shape index (κ1) is 18.8. The summed E-state index contributed by atoms with van der Waals surface area (Å²) >= 11 is 18.9. The molecule has 0 saturated heterocycles. The Bertz CT molecular complexity index is 1110. The summed E-state index contributed by atoms with van der Waals surface area (Å²) in [6.07, 6.45) is 0.369. The summed E-state index contributed by atoms with van der Waals surface area (Å²) in [5.74, 6) is 0.676. The van der Waals surface area contributed by atoms with Crippen LogP contribution in [0.4, 0.5) is 0 Å². The van der Waals surface area contributed by atoms with Crippen LogP contribution in [0.25, 0.3) is 0 Å². The van der Waals surface area contributed by atoms with Crippen molar-refractivity contribution in [2.45, 2.75) is 25.6 Å². The maximum Gasteiger partial charge on any atom is 0.213 e. The molecule has 2 aliphatic heterocycles. The third-order valence-corrected chi connectivity index (χ3v) is 6.10. The van der Waals surface area contributed by atoms with Crippen molar-refractivity contribution < 1.29 is 4.74 Å². The fraction of sp³-hybridized carbons (Fsp3) is 0.174. The highest BCUT2D eigenvalue weighted by Crippen LogP contribution is 2.50. The first-order valence-electron chi connectivity index (χ1n) is 9.33. The summed E-state index contributed by atoms with van der Waals surface area (Å²) in [4.78, 5) is 0. The number of ether oxygens (including phenoxy) is 1. The van der Waals surface area contributed by atoms with E-state index in [2.05, 4.69) is 31.2 Å². The quantitative estimate of drug-likeness (QED) is 0.418. The van der Waals surface area contributed by atoms with Gasteiger partial charge in [0, 0.05) is 27.6 Å². The van der Waals surface area contributed by atoms with Gasteiger partial charge in [-0.1, -0.05) is 76.8 Å². The SMILES string of the molecule is Cc1ccc([C@H]2Oc3c(Cl)cc(Cl)cc3[C@H]3CC(c4ccc(Cl)cc4)=NN32)cc1. The summed E-state index contributed by atoms with van der Waals surface area (Å²) in [7, 11) is 0. The maximum atomic E-state index is 6.51. The first-order chi connectivity index (χ1) is 14.0. The molecule has 0 aliphatic carbocycles. The molecule has 6 heteroatoms. The Hall–Kier alpha value is -2.20. The van der Waals surface area contributed by atoms with Crippen molar-refractivity contribution in [2.75, 3.05) is 0 Å². The van der Waals surface area contributed by atoms with Crippen LogP contribution in [0.2, 0.25) is 15.1 Å². The van der Waals surface area contributed by atoms with Crippen molar-refractivity contribution in [1.82, 2.24) is 5.01 Å². The molecule has 2 heterocycles. The van der Waals surface area contributed by atoms with Gasteiger partial charge in [0.2, 0.25) is 6.23 Å². The Morgan fingerprint density at radius 3 is 2.38 bits per heavy atom. The maximum absolute atomic E-state index is 6.51. The second kappa shape index (κ2) is 7.24. The van der Waals surface area contributed by atoms with E-state index in [9.17, 15) is 0 Å². The average Bonchev–Trinajstić information content (AvgIpc) is 3.14. The monoisotopic (exact) mass is 442 g/mol. The highest BCUT2D eigenvalue weighted by molar-refractivity contribution is 6.35. The van der Waals surface area contributed by atoms with E-state index < -0.39 is 0 Å². The molecule has 5 rings (SSSR count). The minimum Gasteiger partial charge on any atom is -0.463 e. The first-order valence-corrected chi connectivity index (χ1v) is 10.5. The number of aryl methyl sites for hydroxylation is 1. The van der Waals surface area contributed by atoms with Gasteiger partial charge >= 0.3 is 0 Å². The number of hydrazone groups is 1. The van der Waals surface area contributed by atoms with Crippen LogP contribution >= 0.6 is 34.8 Å². The lowest BCUT2D eigenvalue weighted by Gasteiger charge is -2.38. The van der Waals surface area contributed by atoms with Gasteiger partial charge < -0.3 is 4.74 Å². The van der Waals surface area contributed by atoms with E-state index in [0.717, 1.165) is 28.8 Å². The summed E-state index contributed by atoms with van der Waals surface area (Å²) in [6.45, 7) is 2.06. The topological polar surface area (TPSA) is 24.8 Å². The standard InChI is InChI=1S/C23H17Cl3N2O/c1-13-2-4-15(5-3-13)23-28-21(18-10-17(25)11-19(26)22(18)29-23)12-20(27-28)14-6-8-16(24)9-7-14/h2-11,21,23H,12H2,1H3/t21-,23-/m1/s1. The van der Waals surface area contributed by atoms with E-state index in [-0.39, 0.29) is 12.3 Å². The molecule has 3 nitrogen and oxygen atoms in total. The number of hydrogen-bond donors (Lipinski definition) is 0. The highest BCUT2D eigenvalue weighted by Gasteiger charge is 2.42. The summed E-state index contributed by atoms with van der Waals surface area (Å²) in [6, 6.07) is 19.7. The fourth-order valence-corrected chi connectivity index (χ4v) is 4.56. The van der Waals surface area contributed by atoms with Crippen molar-refractivity contribution in [3.05, 3.63) is 98.0 Å². The Kier molecular flexibility index (Phi) is 4.70. The number of halogens is 3. The summed E-state index contributed by atoms with van der Waals surface area (Å²) in [5, 5.41) is 8.77. The third-order valence-electron chi connectivity index (χ3n) is 5.35. The summed E-state index contributed by atoms with van der Waals surface area (Å²) in [5.41, 5.74) is 5.20. The highest BCUT2D eigenvalue weighted by atomic mass is 35.5. The van der Waals surface area contributed by atoms with Gasteiger partial charge in [-0.25, -0.2) is 5.01 Å². The normalized spacial score (nSPS) is 20.0. The number of nitrogens with zero attached hydrogens (tertiary/aromatic N) is 2. The number of rotatable bonds is 2. The minimum absolute atomic E-state index is 0.00747. The van der Waals surface area contributed by atoms with Crippen LogP contribution < -0.4 is 4.74 Å². The molecular formula is C23H17Cl3N2O. The zero-order valence-electron chi connectivity index (χ0n) is 15.6. The number of fused-ring (bicyclic) bond motifs is 3. The van der Waals surface area contributed by atoms with Crippen LogP contribution in [-0.2, 0) is 0 Å². The molecule has 0 bridgehead atoms. The Morgan fingerprint density at radius 2 is 1.66 bits per heavy atom. The molecule has 29 heavy (non-hydrogen) atoms. The molecule has 0 aromatic heterocycles. The van der Waals surface area contributed by atoms with Crippen molar-refractivity contribution in [1.29, 1.82) is 0 Å². The van der Waals surface area contributed by atoms with Crippen molar-refractivity contribution in [2.24, 2.45) is 5.10 Å². The smallest absolute Gasteiger partial charge is 0.213 e. The van der Waals surface area contributed by atoms with Crippen molar-refractivity contribution >= 4 is 40.5 Å². The van der Waals surface area contributed by atoms with Crippen LogP contribution in [0.3, 0.4) is 0 Å². The van der Waals surface area contributed by atoms with Crippen LogP contribution in [0, 0.1) is 6.92 Å². The molecule has 0 saturated carbocycles. The molecular weight excluding hydrogens is 427 g/mol. The molecule has 2 aliphatic rings. The Morgan fingerprint density at radius 1 is 0.931 bits per heavy atom. The van der Waals surface area contributed by atoms with E-state index in [0.29, 0.717) is 20.8 Å². The fourth-order valence-electron chi connectivity index (χ4n) is 3.88. The van der Waals surface area contributed by atoms with E-state index in [1.54, 1.807) is 6.07 Å². The van der Waals surface area contributed by atoms with Gasteiger partial charge in [0.05, 0.1) is 16.8 Å². The predicted molar refractivity (Wildman–Crippen MR) is 118 cm³/mol. The molecule has 3 aromatic rings. The van der Waals surface area contributed by atoms with Gasteiger partial charge in [-0.3, -0.25) is 0 Å². The molecule has 146 valence electrons. The molecule has 0 unspecified atom stereocenters. The number of hydrogen-bond acceptors (Lipinski definition) is 3. The van der Waals surface area contributed by atoms with Gasteiger partial charge in [0.25, 0.3) is 0 Å².